The van der Waals surface area contributed by atoms with Gasteiger partial charge in [0.1, 0.15) is 5.52 Å². The van der Waals surface area contributed by atoms with Crippen LogP contribution in [-0.4, -0.2) is 35.7 Å². The van der Waals surface area contributed by atoms with E-state index in [1.165, 1.54) is 0 Å². The van der Waals surface area contributed by atoms with Crippen molar-refractivity contribution in [2.24, 2.45) is 0 Å². The highest BCUT2D eigenvalue weighted by Gasteiger charge is 2.31. The molecule has 0 aliphatic heterocycles. The number of carbonyl (C=O) groups is 1. The van der Waals surface area contributed by atoms with Gasteiger partial charge in [-0.1, -0.05) is 19.3 Å². The molecule has 1 amide bonds. The Balaban J connectivity index is 1.69. The Morgan fingerprint density at radius 2 is 2.09 bits per heavy atom. The molecule has 0 radical (unpaired) electrons. The van der Waals surface area contributed by atoms with Gasteiger partial charge in [0.15, 0.2) is 5.58 Å². The Labute approximate surface area is 135 Å². The minimum atomic E-state index is -0.850. The van der Waals surface area contributed by atoms with Gasteiger partial charge in [-0.2, -0.15) is 4.98 Å². The molecule has 0 saturated heterocycles. The normalized spacial score (nSPS) is 17.2. The molecule has 1 aliphatic carbocycles. The fourth-order valence-electron chi connectivity index (χ4n) is 3.07. The van der Waals surface area contributed by atoms with Crippen molar-refractivity contribution in [3.8, 4) is 0 Å². The van der Waals surface area contributed by atoms with Crippen LogP contribution in [0.5, 0.6) is 0 Å². The van der Waals surface area contributed by atoms with Crippen molar-refractivity contribution in [3.05, 3.63) is 18.2 Å². The summed E-state index contributed by atoms with van der Waals surface area (Å²) in [5.41, 5.74) is 1.18. The van der Waals surface area contributed by atoms with Crippen LogP contribution in [0.2, 0.25) is 0 Å². The van der Waals surface area contributed by atoms with Gasteiger partial charge in [-0.3, -0.25) is 4.79 Å². The van der Waals surface area contributed by atoms with Crippen molar-refractivity contribution in [2.75, 3.05) is 24.3 Å². The fraction of sp³-hybridized carbons (Fsp3) is 0.529. The van der Waals surface area contributed by atoms with E-state index in [-0.39, 0.29) is 12.3 Å². The molecular weight excluding hydrogens is 294 g/mol. The number of benzene rings is 1. The molecule has 3 rings (SSSR count). The summed E-state index contributed by atoms with van der Waals surface area (Å²) in [4.78, 5) is 18.3. The second-order valence-electron chi connectivity index (χ2n) is 6.58. The summed E-state index contributed by atoms with van der Waals surface area (Å²) in [5.74, 6) is -0.166. The molecule has 1 heterocycles. The average Bonchev–Trinajstić information content (AvgIpc) is 2.90. The SMILES string of the molecule is CN(C)c1nc2ccc(NC(=O)CC3(O)CCCCC3)cc2o1. The number of hydrogen-bond acceptors (Lipinski definition) is 5. The third kappa shape index (κ3) is 3.64. The van der Waals surface area contributed by atoms with Gasteiger partial charge in [-0.25, -0.2) is 0 Å². The molecule has 2 aromatic rings. The first-order valence-corrected chi connectivity index (χ1v) is 8.05. The predicted octanol–water partition coefficient (Wildman–Crippen LogP) is 2.92. The first-order chi connectivity index (χ1) is 11.0. The van der Waals surface area contributed by atoms with Crippen LogP contribution in [0.1, 0.15) is 38.5 Å². The summed E-state index contributed by atoms with van der Waals surface area (Å²) in [7, 11) is 3.72. The van der Waals surface area contributed by atoms with Crippen LogP contribution < -0.4 is 10.2 Å². The maximum Gasteiger partial charge on any atom is 0.297 e. The molecule has 0 bridgehead atoms. The number of aliphatic hydroxyl groups is 1. The van der Waals surface area contributed by atoms with Gasteiger partial charge in [-0.15, -0.1) is 0 Å². The van der Waals surface area contributed by atoms with Gasteiger partial charge < -0.3 is 19.7 Å². The molecule has 1 aromatic heterocycles. The van der Waals surface area contributed by atoms with Crippen molar-refractivity contribution in [1.29, 1.82) is 0 Å². The van der Waals surface area contributed by atoms with E-state index in [2.05, 4.69) is 10.3 Å². The second kappa shape index (κ2) is 6.20. The lowest BCUT2D eigenvalue weighted by Crippen LogP contribution is -2.35. The van der Waals surface area contributed by atoms with E-state index in [0.717, 1.165) is 24.8 Å². The third-order valence-corrected chi connectivity index (χ3v) is 4.32. The molecule has 124 valence electrons. The van der Waals surface area contributed by atoms with Crippen molar-refractivity contribution < 1.29 is 14.3 Å². The van der Waals surface area contributed by atoms with Crippen molar-refractivity contribution in [3.63, 3.8) is 0 Å². The van der Waals surface area contributed by atoms with Crippen LogP contribution in [0.25, 0.3) is 11.1 Å². The van der Waals surface area contributed by atoms with Gasteiger partial charge in [0.25, 0.3) is 6.01 Å². The number of carbonyl (C=O) groups excluding carboxylic acids is 1. The van der Waals surface area contributed by atoms with Crippen molar-refractivity contribution in [1.82, 2.24) is 4.98 Å². The van der Waals surface area contributed by atoms with E-state index < -0.39 is 5.60 Å². The van der Waals surface area contributed by atoms with E-state index in [4.69, 9.17) is 4.42 Å². The number of nitrogens with one attached hydrogen (secondary N) is 1. The average molecular weight is 317 g/mol. The van der Waals surface area contributed by atoms with Crippen LogP contribution in [0.3, 0.4) is 0 Å². The van der Waals surface area contributed by atoms with E-state index in [1.807, 2.05) is 20.2 Å². The van der Waals surface area contributed by atoms with Gasteiger partial charge in [0.05, 0.1) is 12.0 Å². The number of rotatable bonds is 4. The predicted molar refractivity (Wildman–Crippen MR) is 89.6 cm³/mol. The zero-order valence-electron chi connectivity index (χ0n) is 13.6. The highest BCUT2D eigenvalue weighted by molar-refractivity contribution is 5.93. The summed E-state index contributed by atoms with van der Waals surface area (Å²) < 4.78 is 5.64. The van der Waals surface area contributed by atoms with E-state index in [9.17, 15) is 9.90 Å². The smallest absolute Gasteiger partial charge is 0.297 e. The largest absolute Gasteiger partial charge is 0.423 e. The first kappa shape index (κ1) is 15.8. The van der Waals surface area contributed by atoms with Crippen LogP contribution in [0.4, 0.5) is 11.7 Å². The lowest BCUT2D eigenvalue weighted by Gasteiger charge is -2.31. The summed E-state index contributed by atoms with van der Waals surface area (Å²) >= 11 is 0. The van der Waals surface area contributed by atoms with E-state index >= 15 is 0 Å². The standard InChI is InChI=1S/C17H23N3O3/c1-20(2)16-19-13-7-6-12(10-14(13)23-16)18-15(21)11-17(22)8-4-3-5-9-17/h6-7,10,22H,3-5,8-9,11H2,1-2H3,(H,18,21). The number of fused-ring (bicyclic) bond motifs is 1. The maximum atomic E-state index is 12.2. The Hall–Kier alpha value is -2.08. The van der Waals surface area contributed by atoms with Crippen LogP contribution in [0, 0.1) is 0 Å². The Morgan fingerprint density at radius 1 is 1.35 bits per heavy atom. The van der Waals surface area contributed by atoms with Gasteiger partial charge in [0.2, 0.25) is 5.91 Å². The van der Waals surface area contributed by atoms with Gasteiger partial charge >= 0.3 is 0 Å². The monoisotopic (exact) mass is 317 g/mol. The molecule has 6 heteroatoms. The van der Waals surface area contributed by atoms with E-state index in [0.29, 0.717) is 30.1 Å². The Morgan fingerprint density at radius 3 is 2.78 bits per heavy atom. The summed E-state index contributed by atoms with van der Waals surface area (Å²) in [6.07, 6.45) is 4.66. The molecular formula is C17H23N3O3. The number of aromatic nitrogens is 1. The van der Waals surface area contributed by atoms with Crippen LogP contribution in [0.15, 0.2) is 22.6 Å². The number of hydrogen-bond donors (Lipinski definition) is 2. The topological polar surface area (TPSA) is 78.6 Å². The molecule has 1 aromatic carbocycles. The Kier molecular flexibility index (Phi) is 4.26. The maximum absolute atomic E-state index is 12.2. The molecule has 0 unspecified atom stereocenters. The van der Waals surface area contributed by atoms with Crippen LogP contribution >= 0.6 is 0 Å². The lowest BCUT2D eigenvalue weighted by molar-refractivity contribution is -0.122. The molecule has 1 fully saturated rings. The second-order valence-corrected chi connectivity index (χ2v) is 6.58. The van der Waals surface area contributed by atoms with Crippen molar-refractivity contribution >= 4 is 28.7 Å². The number of anilines is 2. The fourth-order valence-corrected chi connectivity index (χ4v) is 3.07. The summed E-state index contributed by atoms with van der Waals surface area (Å²) in [5, 5.41) is 13.3. The number of nitrogens with zero attached hydrogens (tertiary/aromatic N) is 2. The molecule has 1 aliphatic rings. The summed E-state index contributed by atoms with van der Waals surface area (Å²) in [6.45, 7) is 0. The minimum absolute atomic E-state index is 0.143. The molecule has 1 saturated carbocycles. The molecule has 23 heavy (non-hydrogen) atoms. The summed E-state index contributed by atoms with van der Waals surface area (Å²) in [6, 6.07) is 5.90. The molecule has 0 spiro atoms. The highest BCUT2D eigenvalue weighted by Crippen LogP contribution is 2.31. The Bertz CT molecular complexity index is 702. The molecule has 0 atom stereocenters. The molecule has 6 nitrogen and oxygen atoms in total. The zero-order valence-corrected chi connectivity index (χ0v) is 13.6. The first-order valence-electron chi connectivity index (χ1n) is 8.05. The van der Waals surface area contributed by atoms with Crippen LogP contribution in [-0.2, 0) is 4.79 Å². The van der Waals surface area contributed by atoms with Gasteiger partial charge in [0, 0.05) is 25.8 Å². The quantitative estimate of drug-likeness (QED) is 0.906. The number of oxazole rings is 1. The highest BCUT2D eigenvalue weighted by atomic mass is 16.4. The third-order valence-electron chi connectivity index (χ3n) is 4.32. The number of amides is 1. The zero-order chi connectivity index (χ0) is 16.4. The molecule has 2 N–H and O–H groups in total. The van der Waals surface area contributed by atoms with Crippen molar-refractivity contribution in [2.45, 2.75) is 44.1 Å². The van der Waals surface area contributed by atoms with Gasteiger partial charge in [-0.05, 0) is 25.0 Å². The minimum Gasteiger partial charge on any atom is -0.423 e. The lowest BCUT2D eigenvalue weighted by atomic mass is 9.82. The van der Waals surface area contributed by atoms with E-state index in [1.54, 1.807) is 17.0 Å².